The highest BCUT2D eigenvalue weighted by Crippen LogP contribution is 2.17. The third-order valence-electron chi connectivity index (χ3n) is 1.52. The Balaban J connectivity index is 2.56. The van der Waals surface area contributed by atoms with Crippen molar-refractivity contribution in [3.05, 3.63) is 34.1 Å². The van der Waals surface area contributed by atoms with Crippen LogP contribution in [0.5, 0.6) is 0 Å². The molecule has 0 amide bonds. The standard InChI is InChI=1S/C9H11BrFNO/c1-2-13-12-6-7-3-4-8(11)5-9(7)10/h3-5,12H,2,6H2,1H3. The van der Waals surface area contributed by atoms with Gasteiger partial charge in [-0.1, -0.05) is 22.0 Å². The third kappa shape index (κ3) is 3.42. The Kier molecular flexibility index (Phi) is 4.35. The lowest BCUT2D eigenvalue weighted by Crippen LogP contribution is -2.13. The maximum Gasteiger partial charge on any atom is 0.124 e. The minimum Gasteiger partial charge on any atom is -0.302 e. The molecule has 0 unspecified atom stereocenters. The van der Waals surface area contributed by atoms with Gasteiger partial charge >= 0.3 is 0 Å². The van der Waals surface area contributed by atoms with Crippen molar-refractivity contribution < 1.29 is 9.23 Å². The van der Waals surface area contributed by atoms with Gasteiger partial charge in [0.05, 0.1) is 6.61 Å². The average Bonchev–Trinajstić information content (AvgIpc) is 2.09. The number of halogens is 2. The van der Waals surface area contributed by atoms with Crippen LogP contribution in [0.2, 0.25) is 0 Å². The van der Waals surface area contributed by atoms with E-state index in [0.717, 1.165) is 10.0 Å². The smallest absolute Gasteiger partial charge is 0.124 e. The van der Waals surface area contributed by atoms with E-state index in [-0.39, 0.29) is 5.82 Å². The van der Waals surface area contributed by atoms with Crippen LogP contribution in [0.15, 0.2) is 22.7 Å². The van der Waals surface area contributed by atoms with E-state index < -0.39 is 0 Å². The van der Waals surface area contributed by atoms with E-state index >= 15 is 0 Å². The number of nitrogens with one attached hydrogen (secondary N) is 1. The molecular formula is C9H11BrFNO. The van der Waals surface area contributed by atoms with Crippen molar-refractivity contribution >= 4 is 15.9 Å². The molecule has 1 aromatic rings. The Morgan fingerprint density at radius 3 is 2.92 bits per heavy atom. The zero-order valence-corrected chi connectivity index (χ0v) is 8.90. The summed E-state index contributed by atoms with van der Waals surface area (Å²) in [6, 6.07) is 4.57. The van der Waals surface area contributed by atoms with Crippen LogP contribution in [-0.2, 0) is 11.4 Å². The minimum atomic E-state index is -0.243. The van der Waals surface area contributed by atoms with Gasteiger partial charge in [0, 0.05) is 11.0 Å². The second-order valence-electron chi connectivity index (χ2n) is 2.49. The van der Waals surface area contributed by atoms with E-state index in [2.05, 4.69) is 21.4 Å². The van der Waals surface area contributed by atoms with Gasteiger partial charge in [0.1, 0.15) is 5.82 Å². The predicted octanol–water partition coefficient (Wildman–Crippen LogP) is 2.63. The minimum absolute atomic E-state index is 0.243. The van der Waals surface area contributed by atoms with E-state index in [9.17, 15) is 4.39 Å². The number of rotatable bonds is 4. The van der Waals surface area contributed by atoms with Gasteiger partial charge in [-0.15, -0.1) is 0 Å². The zero-order chi connectivity index (χ0) is 9.68. The van der Waals surface area contributed by atoms with Crippen LogP contribution in [0.3, 0.4) is 0 Å². The normalized spacial score (nSPS) is 10.4. The Labute approximate surface area is 85.2 Å². The van der Waals surface area contributed by atoms with Crippen LogP contribution < -0.4 is 5.48 Å². The summed E-state index contributed by atoms with van der Waals surface area (Å²) in [7, 11) is 0. The van der Waals surface area contributed by atoms with Crippen LogP contribution >= 0.6 is 15.9 Å². The van der Waals surface area contributed by atoms with Crippen molar-refractivity contribution in [1.29, 1.82) is 0 Å². The fourth-order valence-electron chi connectivity index (χ4n) is 0.896. The van der Waals surface area contributed by atoms with Gasteiger partial charge in [-0.05, 0) is 24.6 Å². The highest BCUT2D eigenvalue weighted by Gasteiger charge is 2.00. The summed E-state index contributed by atoms with van der Waals surface area (Å²) in [6.07, 6.45) is 0. The van der Waals surface area contributed by atoms with Gasteiger partial charge in [0.15, 0.2) is 0 Å². The van der Waals surface area contributed by atoms with Gasteiger partial charge < -0.3 is 4.84 Å². The first-order valence-corrected chi connectivity index (χ1v) is 4.82. The first kappa shape index (κ1) is 10.6. The lowest BCUT2D eigenvalue weighted by molar-refractivity contribution is 0.0462. The molecule has 0 atom stereocenters. The SMILES string of the molecule is CCONCc1ccc(F)cc1Br. The molecule has 0 bridgehead atoms. The van der Waals surface area contributed by atoms with Crippen LogP contribution in [0.4, 0.5) is 4.39 Å². The van der Waals surface area contributed by atoms with E-state index in [1.54, 1.807) is 6.07 Å². The van der Waals surface area contributed by atoms with Crippen molar-refractivity contribution in [2.45, 2.75) is 13.5 Å². The maximum atomic E-state index is 12.7. The Morgan fingerprint density at radius 2 is 2.31 bits per heavy atom. The van der Waals surface area contributed by atoms with E-state index in [1.807, 2.05) is 6.92 Å². The molecule has 2 nitrogen and oxygen atoms in total. The first-order valence-electron chi connectivity index (χ1n) is 4.02. The van der Waals surface area contributed by atoms with Crippen LogP contribution in [-0.4, -0.2) is 6.61 Å². The van der Waals surface area contributed by atoms with Crippen molar-refractivity contribution in [2.24, 2.45) is 0 Å². The molecular weight excluding hydrogens is 237 g/mol. The molecule has 0 aliphatic heterocycles. The third-order valence-corrected chi connectivity index (χ3v) is 2.26. The molecule has 1 N–H and O–H groups in total. The van der Waals surface area contributed by atoms with Crippen LogP contribution in [0, 0.1) is 5.82 Å². The molecule has 13 heavy (non-hydrogen) atoms. The van der Waals surface area contributed by atoms with E-state index in [1.165, 1.54) is 12.1 Å². The second-order valence-corrected chi connectivity index (χ2v) is 3.34. The van der Waals surface area contributed by atoms with Crippen molar-refractivity contribution in [3.8, 4) is 0 Å². The molecule has 0 spiro atoms. The molecule has 0 saturated carbocycles. The summed E-state index contributed by atoms with van der Waals surface area (Å²) in [5.41, 5.74) is 3.73. The molecule has 0 fully saturated rings. The summed E-state index contributed by atoms with van der Waals surface area (Å²) in [5.74, 6) is -0.243. The van der Waals surface area contributed by atoms with Crippen molar-refractivity contribution in [3.63, 3.8) is 0 Å². The Bertz CT molecular complexity index is 280. The summed E-state index contributed by atoms with van der Waals surface area (Å²) < 4.78 is 13.4. The first-order chi connectivity index (χ1) is 6.24. The van der Waals surface area contributed by atoms with Gasteiger partial charge in [0.2, 0.25) is 0 Å². The fraction of sp³-hybridized carbons (Fsp3) is 0.333. The van der Waals surface area contributed by atoms with Gasteiger partial charge in [0.25, 0.3) is 0 Å². The van der Waals surface area contributed by atoms with Crippen molar-refractivity contribution in [2.75, 3.05) is 6.61 Å². The molecule has 1 rings (SSSR count). The fourth-order valence-corrected chi connectivity index (χ4v) is 1.39. The predicted molar refractivity (Wildman–Crippen MR) is 52.6 cm³/mol. The van der Waals surface area contributed by atoms with Gasteiger partial charge in [-0.2, -0.15) is 5.48 Å². The molecule has 0 radical (unpaired) electrons. The molecule has 4 heteroatoms. The molecule has 1 aromatic carbocycles. The van der Waals surface area contributed by atoms with Crippen molar-refractivity contribution in [1.82, 2.24) is 5.48 Å². The second kappa shape index (κ2) is 5.32. The number of hydrogen-bond donors (Lipinski definition) is 1. The highest BCUT2D eigenvalue weighted by molar-refractivity contribution is 9.10. The quantitative estimate of drug-likeness (QED) is 0.653. The lowest BCUT2D eigenvalue weighted by atomic mass is 10.2. The topological polar surface area (TPSA) is 21.3 Å². The number of hydroxylamine groups is 1. The zero-order valence-electron chi connectivity index (χ0n) is 7.31. The number of hydrogen-bond acceptors (Lipinski definition) is 2. The average molecular weight is 248 g/mol. The van der Waals surface area contributed by atoms with Gasteiger partial charge in [-0.3, -0.25) is 0 Å². The summed E-state index contributed by atoms with van der Waals surface area (Å²) in [6.45, 7) is 3.07. The molecule has 0 saturated heterocycles. The molecule has 72 valence electrons. The lowest BCUT2D eigenvalue weighted by Gasteiger charge is -2.05. The summed E-state index contributed by atoms with van der Waals surface area (Å²) in [5, 5.41) is 0. The van der Waals surface area contributed by atoms with Gasteiger partial charge in [-0.25, -0.2) is 4.39 Å². The van der Waals surface area contributed by atoms with E-state index in [0.29, 0.717) is 13.2 Å². The summed E-state index contributed by atoms with van der Waals surface area (Å²) >= 11 is 3.26. The molecule has 0 aliphatic carbocycles. The largest absolute Gasteiger partial charge is 0.302 e. The Morgan fingerprint density at radius 1 is 1.54 bits per heavy atom. The Hall–Kier alpha value is -0.450. The molecule has 0 aromatic heterocycles. The molecule has 0 aliphatic rings. The number of benzene rings is 1. The van der Waals surface area contributed by atoms with E-state index in [4.69, 9.17) is 4.84 Å². The highest BCUT2D eigenvalue weighted by atomic mass is 79.9. The van der Waals surface area contributed by atoms with Crippen LogP contribution in [0.1, 0.15) is 12.5 Å². The monoisotopic (exact) mass is 247 g/mol. The summed E-state index contributed by atoms with van der Waals surface area (Å²) in [4.78, 5) is 4.96. The van der Waals surface area contributed by atoms with Crippen LogP contribution in [0.25, 0.3) is 0 Å². The molecule has 0 heterocycles. The maximum absolute atomic E-state index is 12.7.